The third-order valence-corrected chi connectivity index (χ3v) is 2.76. The highest BCUT2D eigenvalue weighted by molar-refractivity contribution is 4.85. The third-order valence-electron chi connectivity index (χ3n) is 2.76. The number of aromatic amines is 1. The molecule has 2 rings (SSSR count). The molecule has 2 heterocycles. The first-order chi connectivity index (χ1) is 7.27. The Morgan fingerprint density at radius 2 is 2.27 bits per heavy atom. The topological polar surface area (TPSA) is 66.9 Å². The highest BCUT2D eigenvalue weighted by Gasteiger charge is 2.14. The van der Waals surface area contributed by atoms with Crippen LogP contribution in [0.4, 0.5) is 0 Å². The van der Waals surface area contributed by atoms with Gasteiger partial charge in [0.2, 0.25) is 0 Å². The average molecular weight is 209 g/mol. The van der Waals surface area contributed by atoms with Crippen molar-refractivity contribution < 1.29 is 0 Å². The molecule has 1 saturated heterocycles. The number of piperidine rings is 1. The molecule has 5 heteroatoms. The molecule has 1 aliphatic rings. The molecule has 0 aromatic carbocycles. The molecule has 2 N–H and O–H groups in total. The van der Waals surface area contributed by atoms with Gasteiger partial charge in [-0.15, -0.1) is 0 Å². The molecule has 0 aliphatic carbocycles. The van der Waals surface area contributed by atoms with E-state index in [9.17, 15) is 9.59 Å². The maximum absolute atomic E-state index is 11.4. The summed E-state index contributed by atoms with van der Waals surface area (Å²) >= 11 is 0. The molecular formula is C10H15N3O2. The monoisotopic (exact) mass is 209 g/mol. The van der Waals surface area contributed by atoms with E-state index in [1.165, 1.54) is 23.3 Å². The van der Waals surface area contributed by atoms with Gasteiger partial charge in [-0.2, -0.15) is 0 Å². The van der Waals surface area contributed by atoms with E-state index in [1.54, 1.807) is 0 Å². The van der Waals surface area contributed by atoms with Crippen LogP contribution in [0.2, 0.25) is 0 Å². The van der Waals surface area contributed by atoms with Gasteiger partial charge in [0.05, 0.1) is 0 Å². The van der Waals surface area contributed by atoms with Crippen molar-refractivity contribution in [3.05, 3.63) is 33.1 Å². The van der Waals surface area contributed by atoms with Gasteiger partial charge in [0.25, 0.3) is 5.56 Å². The Balaban J connectivity index is 2.16. The Morgan fingerprint density at radius 1 is 1.40 bits per heavy atom. The molecule has 1 aromatic heterocycles. The average Bonchev–Trinajstić information content (AvgIpc) is 2.25. The SMILES string of the molecule is O=c1cc[nH]c(=O)n1CC1CCCCN1. The van der Waals surface area contributed by atoms with Crippen molar-refractivity contribution in [3.63, 3.8) is 0 Å². The van der Waals surface area contributed by atoms with E-state index in [2.05, 4.69) is 10.3 Å². The maximum Gasteiger partial charge on any atom is 0.328 e. The third kappa shape index (κ3) is 2.36. The van der Waals surface area contributed by atoms with Crippen molar-refractivity contribution >= 4 is 0 Å². The summed E-state index contributed by atoms with van der Waals surface area (Å²) in [6.45, 7) is 1.44. The maximum atomic E-state index is 11.4. The standard InChI is InChI=1S/C10H15N3O2/c14-9-4-6-12-10(15)13(9)7-8-3-1-2-5-11-8/h4,6,8,11H,1-3,5,7H2,(H,12,15). The van der Waals surface area contributed by atoms with Crippen LogP contribution in [-0.2, 0) is 6.54 Å². The van der Waals surface area contributed by atoms with Gasteiger partial charge in [-0.3, -0.25) is 9.36 Å². The molecule has 82 valence electrons. The second-order valence-corrected chi connectivity index (χ2v) is 3.88. The lowest BCUT2D eigenvalue weighted by Gasteiger charge is -2.23. The largest absolute Gasteiger partial charge is 0.328 e. The summed E-state index contributed by atoms with van der Waals surface area (Å²) in [5.41, 5.74) is -0.555. The molecule has 1 aliphatic heterocycles. The van der Waals surface area contributed by atoms with Gasteiger partial charge in [0, 0.05) is 24.8 Å². The molecule has 1 aromatic rings. The zero-order valence-corrected chi connectivity index (χ0v) is 8.53. The van der Waals surface area contributed by atoms with E-state index >= 15 is 0 Å². The molecule has 0 saturated carbocycles. The minimum absolute atomic E-state index is 0.230. The Bertz CT molecular complexity index is 401. The number of aromatic nitrogens is 2. The fraction of sp³-hybridized carbons (Fsp3) is 0.600. The van der Waals surface area contributed by atoms with E-state index in [0.717, 1.165) is 19.4 Å². The van der Waals surface area contributed by atoms with E-state index in [0.29, 0.717) is 6.54 Å². The van der Waals surface area contributed by atoms with E-state index < -0.39 is 0 Å². The summed E-state index contributed by atoms with van der Waals surface area (Å²) in [6, 6.07) is 1.63. The fourth-order valence-electron chi connectivity index (χ4n) is 1.93. The van der Waals surface area contributed by atoms with Crippen LogP contribution >= 0.6 is 0 Å². The van der Waals surface area contributed by atoms with Crippen molar-refractivity contribution in [2.75, 3.05) is 6.54 Å². The molecule has 1 fully saturated rings. The highest BCUT2D eigenvalue weighted by atomic mass is 16.2. The summed E-state index contributed by atoms with van der Waals surface area (Å²) < 4.78 is 1.25. The number of hydrogen-bond donors (Lipinski definition) is 2. The first kappa shape index (κ1) is 10.2. The van der Waals surface area contributed by atoms with Gasteiger partial charge in [0.1, 0.15) is 0 Å². The van der Waals surface area contributed by atoms with Crippen molar-refractivity contribution in [1.29, 1.82) is 0 Å². The molecule has 0 amide bonds. The normalized spacial score (nSPS) is 21.5. The second-order valence-electron chi connectivity index (χ2n) is 3.88. The van der Waals surface area contributed by atoms with E-state index in [-0.39, 0.29) is 17.3 Å². The molecule has 0 radical (unpaired) electrons. The summed E-state index contributed by atoms with van der Waals surface area (Å²) in [5, 5.41) is 3.31. The summed E-state index contributed by atoms with van der Waals surface area (Å²) in [5.74, 6) is 0. The van der Waals surface area contributed by atoms with Crippen molar-refractivity contribution in [1.82, 2.24) is 14.9 Å². The van der Waals surface area contributed by atoms with Crippen molar-refractivity contribution in [2.45, 2.75) is 31.8 Å². The minimum atomic E-state index is -0.324. The Labute approximate surface area is 87.1 Å². The van der Waals surface area contributed by atoms with Crippen LogP contribution in [0.5, 0.6) is 0 Å². The lowest BCUT2D eigenvalue weighted by atomic mass is 10.1. The molecule has 1 unspecified atom stereocenters. The van der Waals surface area contributed by atoms with Gasteiger partial charge >= 0.3 is 5.69 Å². The number of nitrogens with zero attached hydrogens (tertiary/aromatic N) is 1. The van der Waals surface area contributed by atoms with E-state index in [4.69, 9.17) is 0 Å². The zero-order valence-electron chi connectivity index (χ0n) is 8.53. The number of rotatable bonds is 2. The van der Waals surface area contributed by atoms with Crippen LogP contribution in [-0.4, -0.2) is 22.1 Å². The second kappa shape index (κ2) is 4.44. The lowest BCUT2D eigenvalue weighted by molar-refractivity contribution is 0.354. The predicted molar refractivity (Wildman–Crippen MR) is 57.0 cm³/mol. The molecule has 0 bridgehead atoms. The smallest absolute Gasteiger partial charge is 0.314 e. The fourth-order valence-corrected chi connectivity index (χ4v) is 1.93. The van der Waals surface area contributed by atoms with Crippen LogP contribution in [0, 0.1) is 0 Å². The van der Waals surface area contributed by atoms with Crippen LogP contribution in [0.25, 0.3) is 0 Å². The first-order valence-corrected chi connectivity index (χ1v) is 5.29. The van der Waals surface area contributed by atoms with Crippen LogP contribution < -0.4 is 16.6 Å². The number of hydrogen-bond acceptors (Lipinski definition) is 3. The molecule has 0 spiro atoms. The van der Waals surface area contributed by atoms with Crippen molar-refractivity contribution in [3.8, 4) is 0 Å². The Hall–Kier alpha value is -1.36. The molecule has 5 nitrogen and oxygen atoms in total. The van der Waals surface area contributed by atoms with E-state index in [1.807, 2.05) is 0 Å². The quantitative estimate of drug-likeness (QED) is 0.701. The van der Waals surface area contributed by atoms with Gasteiger partial charge in [-0.1, -0.05) is 6.42 Å². The number of nitrogens with one attached hydrogen (secondary N) is 2. The van der Waals surface area contributed by atoms with Crippen molar-refractivity contribution in [2.24, 2.45) is 0 Å². The molecule has 1 atom stereocenters. The minimum Gasteiger partial charge on any atom is -0.314 e. The zero-order chi connectivity index (χ0) is 10.7. The van der Waals surface area contributed by atoms with Crippen LogP contribution in [0.15, 0.2) is 21.9 Å². The van der Waals surface area contributed by atoms with Gasteiger partial charge in [-0.25, -0.2) is 4.79 Å². The number of H-pyrrole nitrogens is 1. The van der Waals surface area contributed by atoms with Gasteiger partial charge in [0.15, 0.2) is 0 Å². The lowest BCUT2D eigenvalue weighted by Crippen LogP contribution is -2.44. The molecular weight excluding hydrogens is 194 g/mol. The predicted octanol–water partition coefficient (Wildman–Crippen LogP) is -0.321. The van der Waals surface area contributed by atoms with Gasteiger partial charge < -0.3 is 10.3 Å². The van der Waals surface area contributed by atoms with Crippen LogP contribution in [0.1, 0.15) is 19.3 Å². The highest BCUT2D eigenvalue weighted by Crippen LogP contribution is 2.07. The van der Waals surface area contributed by atoms with Gasteiger partial charge in [-0.05, 0) is 19.4 Å². The van der Waals surface area contributed by atoms with Crippen LogP contribution in [0.3, 0.4) is 0 Å². The Morgan fingerprint density at radius 3 is 2.93 bits per heavy atom. The molecule has 15 heavy (non-hydrogen) atoms. The summed E-state index contributed by atoms with van der Waals surface area (Å²) in [4.78, 5) is 25.3. The Kier molecular flexibility index (Phi) is 3.01. The summed E-state index contributed by atoms with van der Waals surface area (Å²) in [7, 11) is 0. The first-order valence-electron chi connectivity index (χ1n) is 5.29. The summed E-state index contributed by atoms with van der Waals surface area (Å²) in [6.07, 6.45) is 4.75.